The van der Waals surface area contributed by atoms with Gasteiger partial charge in [-0.25, -0.2) is 4.98 Å². The molecule has 0 radical (unpaired) electrons. The van der Waals surface area contributed by atoms with E-state index < -0.39 is 0 Å². The second-order valence-electron chi connectivity index (χ2n) is 8.62. The van der Waals surface area contributed by atoms with Gasteiger partial charge in [0.25, 0.3) is 0 Å². The van der Waals surface area contributed by atoms with Crippen molar-refractivity contribution in [3.63, 3.8) is 0 Å². The van der Waals surface area contributed by atoms with Crippen molar-refractivity contribution in [3.8, 4) is 0 Å². The third-order valence-corrected chi connectivity index (χ3v) is 5.94. The molecular weight excluding hydrogens is 404 g/mol. The minimum Gasteiger partial charge on any atom is -0.361 e. The van der Waals surface area contributed by atoms with Crippen molar-refractivity contribution in [3.05, 3.63) is 137 Å². The molecule has 1 unspecified atom stereocenters. The summed E-state index contributed by atoms with van der Waals surface area (Å²) in [6, 6.07) is 35.9. The Kier molecular flexibility index (Phi) is 6.05. The highest BCUT2D eigenvalue weighted by Crippen LogP contribution is 2.30. The quantitative estimate of drug-likeness (QED) is 0.277. The summed E-state index contributed by atoms with van der Waals surface area (Å²) in [7, 11) is 0. The lowest BCUT2D eigenvalue weighted by atomic mass is 10.1. The van der Waals surface area contributed by atoms with Crippen LogP contribution in [-0.2, 0) is 17.9 Å². The number of nitrogens with zero attached hydrogens (tertiary/aromatic N) is 2. The van der Waals surface area contributed by atoms with Gasteiger partial charge >= 0.3 is 0 Å². The molecule has 0 spiro atoms. The van der Waals surface area contributed by atoms with E-state index in [1.807, 2.05) is 12.1 Å². The SMILES string of the molecule is Cc1cccc(COC(c2ccccc2)c2nc3ccccc3n2Cc2cccc(C)c2)c1. The fourth-order valence-electron chi connectivity index (χ4n) is 4.38. The molecule has 5 rings (SSSR count). The number of hydrogen-bond donors (Lipinski definition) is 0. The molecule has 1 aromatic heterocycles. The van der Waals surface area contributed by atoms with Crippen LogP contribution in [0, 0.1) is 13.8 Å². The molecule has 33 heavy (non-hydrogen) atoms. The molecule has 0 bridgehead atoms. The van der Waals surface area contributed by atoms with E-state index in [2.05, 4.69) is 109 Å². The van der Waals surface area contributed by atoms with E-state index >= 15 is 0 Å². The fourth-order valence-corrected chi connectivity index (χ4v) is 4.38. The zero-order valence-electron chi connectivity index (χ0n) is 19.1. The largest absolute Gasteiger partial charge is 0.361 e. The first-order valence-corrected chi connectivity index (χ1v) is 11.4. The lowest BCUT2D eigenvalue weighted by molar-refractivity contribution is 0.0592. The lowest BCUT2D eigenvalue weighted by Crippen LogP contribution is -2.14. The predicted octanol–water partition coefficient (Wildman–Crippen LogP) is 7.01. The zero-order chi connectivity index (χ0) is 22.6. The molecule has 0 saturated carbocycles. The van der Waals surface area contributed by atoms with Gasteiger partial charge in [0, 0.05) is 6.54 Å². The molecule has 3 heteroatoms. The van der Waals surface area contributed by atoms with Crippen LogP contribution in [0.15, 0.2) is 103 Å². The molecule has 1 heterocycles. The molecular formula is C30H28N2O. The summed E-state index contributed by atoms with van der Waals surface area (Å²) in [6.45, 7) is 5.51. The molecule has 5 aromatic rings. The maximum Gasteiger partial charge on any atom is 0.144 e. The van der Waals surface area contributed by atoms with Gasteiger partial charge in [-0.1, -0.05) is 102 Å². The number of fused-ring (bicyclic) bond motifs is 1. The standard InChI is InChI=1S/C30H28N2O/c1-22-10-8-12-24(18-22)20-32-28-17-7-6-16-27(28)31-30(32)29(26-14-4-3-5-15-26)33-21-25-13-9-11-23(2)19-25/h3-19,29H,20-21H2,1-2H3. The maximum absolute atomic E-state index is 6.60. The molecule has 164 valence electrons. The number of benzene rings is 4. The van der Waals surface area contributed by atoms with Crippen molar-refractivity contribution in [1.29, 1.82) is 0 Å². The van der Waals surface area contributed by atoms with E-state index in [9.17, 15) is 0 Å². The fraction of sp³-hybridized carbons (Fsp3) is 0.167. The van der Waals surface area contributed by atoms with E-state index in [0.29, 0.717) is 6.61 Å². The summed E-state index contributed by atoms with van der Waals surface area (Å²) < 4.78 is 8.91. The van der Waals surface area contributed by atoms with E-state index in [1.54, 1.807) is 0 Å². The van der Waals surface area contributed by atoms with Crippen LogP contribution in [0.4, 0.5) is 0 Å². The average molecular weight is 433 g/mol. The molecule has 0 amide bonds. The second-order valence-corrected chi connectivity index (χ2v) is 8.62. The minimum absolute atomic E-state index is 0.274. The van der Waals surface area contributed by atoms with Crippen LogP contribution >= 0.6 is 0 Å². The molecule has 0 saturated heterocycles. The maximum atomic E-state index is 6.60. The molecule has 0 fully saturated rings. The van der Waals surface area contributed by atoms with Gasteiger partial charge in [-0.3, -0.25) is 0 Å². The Balaban J connectivity index is 1.59. The van der Waals surface area contributed by atoms with Crippen LogP contribution in [-0.4, -0.2) is 9.55 Å². The van der Waals surface area contributed by atoms with Crippen LogP contribution in [0.25, 0.3) is 11.0 Å². The van der Waals surface area contributed by atoms with Crippen LogP contribution < -0.4 is 0 Å². The van der Waals surface area contributed by atoms with Crippen molar-refractivity contribution in [1.82, 2.24) is 9.55 Å². The van der Waals surface area contributed by atoms with E-state index in [4.69, 9.17) is 9.72 Å². The van der Waals surface area contributed by atoms with Crippen molar-refractivity contribution >= 4 is 11.0 Å². The minimum atomic E-state index is -0.274. The van der Waals surface area contributed by atoms with Gasteiger partial charge in [0.05, 0.1) is 17.6 Å². The molecule has 0 aliphatic heterocycles. The Bertz CT molecular complexity index is 1370. The number of imidazole rings is 1. The van der Waals surface area contributed by atoms with Crippen LogP contribution in [0.3, 0.4) is 0 Å². The summed E-state index contributed by atoms with van der Waals surface area (Å²) in [5, 5.41) is 0. The summed E-state index contributed by atoms with van der Waals surface area (Å²) >= 11 is 0. The third-order valence-electron chi connectivity index (χ3n) is 5.94. The van der Waals surface area contributed by atoms with Crippen molar-refractivity contribution in [2.75, 3.05) is 0 Å². The second kappa shape index (κ2) is 9.43. The van der Waals surface area contributed by atoms with E-state index in [1.165, 1.54) is 16.7 Å². The Morgan fingerprint density at radius 3 is 2.15 bits per heavy atom. The number of rotatable bonds is 7. The van der Waals surface area contributed by atoms with Gasteiger partial charge in [-0.15, -0.1) is 0 Å². The predicted molar refractivity (Wildman–Crippen MR) is 134 cm³/mol. The van der Waals surface area contributed by atoms with Crippen molar-refractivity contribution in [2.45, 2.75) is 33.1 Å². The van der Waals surface area contributed by atoms with Crippen LogP contribution in [0.1, 0.15) is 39.7 Å². The Morgan fingerprint density at radius 2 is 1.39 bits per heavy atom. The Labute approximate surface area is 195 Å². The highest BCUT2D eigenvalue weighted by molar-refractivity contribution is 5.76. The Hall–Kier alpha value is -3.69. The molecule has 1 atom stereocenters. The van der Waals surface area contributed by atoms with E-state index in [0.717, 1.165) is 34.5 Å². The molecule has 4 aromatic carbocycles. The number of ether oxygens (including phenoxy) is 1. The van der Waals surface area contributed by atoms with Crippen LogP contribution in [0.2, 0.25) is 0 Å². The summed E-state index contributed by atoms with van der Waals surface area (Å²) in [6.07, 6.45) is -0.274. The Morgan fingerprint density at radius 1 is 0.727 bits per heavy atom. The van der Waals surface area contributed by atoms with Crippen molar-refractivity contribution in [2.24, 2.45) is 0 Å². The van der Waals surface area contributed by atoms with Gasteiger partial charge in [-0.2, -0.15) is 0 Å². The number of aryl methyl sites for hydroxylation is 2. The number of para-hydroxylation sites is 2. The first-order chi connectivity index (χ1) is 16.2. The van der Waals surface area contributed by atoms with Gasteiger partial charge < -0.3 is 9.30 Å². The molecule has 0 aliphatic rings. The highest BCUT2D eigenvalue weighted by atomic mass is 16.5. The van der Waals surface area contributed by atoms with Crippen LogP contribution in [0.5, 0.6) is 0 Å². The monoisotopic (exact) mass is 432 g/mol. The van der Waals surface area contributed by atoms with Gasteiger partial charge in [0.1, 0.15) is 11.9 Å². The molecule has 3 nitrogen and oxygen atoms in total. The normalized spacial score (nSPS) is 12.2. The van der Waals surface area contributed by atoms with Gasteiger partial charge in [-0.05, 0) is 42.7 Å². The number of aromatic nitrogens is 2. The summed E-state index contributed by atoms with van der Waals surface area (Å²) in [5.41, 5.74) is 8.12. The zero-order valence-corrected chi connectivity index (χ0v) is 19.1. The van der Waals surface area contributed by atoms with Gasteiger partial charge in [0.15, 0.2) is 0 Å². The molecule has 0 N–H and O–H groups in total. The topological polar surface area (TPSA) is 27.1 Å². The third kappa shape index (κ3) is 4.74. The van der Waals surface area contributed by atoms with Crippen molar-refractivity contribution < 1.29 is 4.74 Å². The summed E-state index contributed by atoms with van der Waals surface area (Å²) in [5.74, 6) is 0.927. The number of hydrogen-bond acceptors (Lipinski definition) is 2. The summed E-state index contributed by atoms with van der Waals surface area (Å²) in [4.78, 5) is 5.08. The lowest BCUT2D eigenvalue weighted by Gasteiger charge is -2.20. The highest BCUT2D eigenvalue weighted by Gasteiger charge is 2.23. The van der Waals surface area contributed by atoms with Gasteiger partial charge in [0.2, 0.25) is 0 Å². The first kappa shape index (κ1) is 21.2. The average Bonchev–Trinajstić information content (AvgIpc) is 3.18. The van der Waals surface area contributed by atoms with E-state index in [-0.39, 0.29) is 6.10 Å². The smallest absolute Gasteiger partial charge is 0.144 e. The first-order valence-electron chi connectivity index (χ1n) is 11.4. The molecule has 0 aliphatic carbocycles.